The van der Waals surface area contributed by atoms with Crippen molar-refractivity contribution < 1.29 is 0 Å². The number of nitrogens with two attached hydrogens (primary N) is 1. The predicted octanol–water partition coefficient (Wildman–Crippen LogP) is 2.79. The molecule has 0 radical (unpaired) electrons. The van der Waals surface area contributed by atoms with Crippen molar-refractivity contribution in [3.63, 3.8) is 0 Å². The molecule has 2 aliphatic rings. The topological polar surface area (TPSA) is 29.3 Å². The first-order valence-corrected chi connectivity index (χ1v) is 6.87. The maximum atomic E-state index is 5.80. The first kappa shape index (κ1) is 11.1. The van der Waals surface area contributed by atoms with Crippen molar-refractivity contribution in [1.82, 2.24) is 4.90 Å². The zero-order chi connectivity index (χ0) is 11.7. The Morgan fingerprint density at radius 1 is 1.00 bits per heavy atom. The molecule has 2 nitrogen and oxygen atoms in total. The normalized spacial score (nSPS) is 23.5. The molecule has 0 amide bonds. The molecule has 0 aromatic heterocycles. The molecule has 0 bridgehead atoms. The van der Waals surface area contributed by atoms with Gasteiger partial charge >= 0.3 is 0 Å². The van der Waals surface area contributed by atoms with E-state index >= 15 is 0 Å². The number of likely N-dealkylation sites (tertiary alicyclic amines) is 1. The van der Waals surface area contributed by atoms with Crippen molar-refractivity contribution in [3.05, 3.63) is 29.8 Å². The third kappa shape index (κ3) is 2.06. The van der Waals surface area contributed by atoms with E-state index in [1.807, 2.05) is 0 Å². The van der Waals surface area contributed by atoms with Gasteiger partial charge in [-0.15, -0.1) is 0 Å². The monoisotopic (exact) mass is 230 g/mol. The molecule has 1 saturated carbocycles. The van der Waals surface area contributed by atoms with Crippen LogP contribution in [0.4, 0.5) is 5.69 Å². The van der Waals surface area contributed by atoms with Crippen molar-refractivity contribution in [3.8, 4) is 0 Å². The summed E-state index contributed by atoms with van der Waals surface area (Å²) in [7, 11) is 0. The van der Waals surface area contributed by atoms with Crippen LogP contribution >= 0.6 is 0 Å². The fraction of sp³-hybridized carbons (Fsp3) is 0.600. The second kappa shape index (κ2) is 4.34. The number of nitrogen functional groups attached to an aromatic ring is 1. The van der Waals surface area contributed by atoms with E-state index in [-0.39, 0.29) is 0 Å². The number of benzene rings is 1. The number of hydrogen-bond acceptors (Lipinski definition) is 2. The van der Waals surface area contributed by atoms with Crippen LogP contribution in [0, 0.1) is 0 Å². The van der Waals surface area contributed by atoms with Gasteiger partial charge in [-0.25, -0.2) is 0 Å². The lowest BCUT2D eigenvalue weighted by Gasteiger charge is -2.40. The molecule has 2 fully saturated rings. The SMILES string of the molecule is Nc1ccc(C2(CN3CCC3)CCCC2)cc1. The van der Waals surface area contributed by atoms with Crippen molar-refractivity contribution in [2.45, 2.75) is 37.5 Å². The Morgan fingerprint density at radius 3 is 2.18 bits per heavy atom. The van der Waals surface area contributed by atoms with Crippen molar-refractivity contribution in [1.29, 1.82) is 0 Å². The molecule has 2 N–H and O–H groups in total. The van der Waals surface area contributed by atoms with Crippen LogP contribution in [0.5, 0.6) is 0 Å². The lowest BCUT2D eigenvalue weighted by molar-refractivity contribution is 0.136. The van der Waals surface area contributed by atoms with Gasteiger partial charge in [0.25, 0.3) is 0 Å². The zero-order valence-electron chi connectivity index (χ0n) is 10.5. The molecular weight excluding hydrogens is 208 g/mol. The summed E-state index contributed by atoms with van der Waals surface area (Å²) in [5, 5.41) is 0. The highest BCUT2D eigenvalue weighted by Gasteiger charge is 2.38. The quantitative estimate of drug-likeness (QED) is 0.809. The summed E-state index contributed by atoms with van der Waals surface area (Å²) < 4.78 is 0. The molecule has 92 valence electrons. The largest absolute Gasteiger partial charge is 0.399 e. The van der Waals surface area contributed by atoms with E-state index in [0.29, 0.717) is 5.41 Å². The summed E-state index contributed by atoms with van der Waals surface area (Å²) in [5.74, 6) is 0. The van der Waals surface area contributed by atoms with Gasteiger partial charge in [0.15, 0.2) is 0 Å². The van der Waals surface area contributed by atoms with Gasteiger partial charge < -0.3 is 10.6 Å². The molecule has 0 atom stereocenters. The minimum absolute atomic E-state index is 0.425. The second-order valence-corrected chi connectivity index (χ2v) is 5.74. The molecule has 1 saturated heterocycles. The number of hydrogen-bond donors (Lipinski definition) is 1. The van der Waals surface area contributed by atoms with Gasteiger partial charge in [-0.05, 0) is 50.0 Å². The van der Waals surface area contributed by atoms with Crippen LogP contribution in [0.25, 0.3) is 0 Å². The second-order valence-electron chi connectivity index (χ2n) is 5.74. The van der Waals surface area contributed by atoms with E-state index in [1.54, 1.807) is 0 Å². The molecule has 1 aromatic rings. The maximum Gasteiger partial charge on any atom is 0.0314 e. The average molecular weight is 230 g/mol. The van der Waals surface area contributed by atoms with Gasteiger partial charge in [0, 0.05) is 17.6 Å². The van der Waals surface area contributed by atoms with Crippen LogP contribution in [0.3, 0.4) is 0 Å². The van der Waals surface area contributed by atoms with Crippen LogP contribution in [-0.4, -0.2) is 24.5 Å². The molecule has 3 rings (SSSR count). The van der Waals surface area contributed by atoms with Gasteiger partial charge in [0.05, 0.1) is 0 Å². The maximum absolute atomic E-state index is 5.80. The van der Waals surface area contributed by atoms with E-state index in [1.165, 1.54) is 57.3 Å². The molecule has 17 heavy (non-hydrogen) atoms. The van der Waals surface area contributed by atoms with Crippen LogP contribution in [-0.2, 0) is 5.41 Å². The first-order chi connectivity index (χ1) is 8.28. The number of rotatable bonds is 3. The van der Waals surface area contributed by atoms with Gasteiger partial charge in [0.1, 0.15) is 0 Å². The smallest absolute Gasteiger partial charge is 0.0314 e. The van der Waals surface area contributed by atoms with Crippen molar-refractivity contribution >= 4 is 5.69 Å². The molecule has 0 unspecified atom stereocenters. The van der Waals surface area contributed by atoms with Crippen LogP contribution < -0.4 is 5.73 Å². The lowest BCUT2D eigenvalue weighted by atomic mass is 9.78. The van der Waals surface area contributed by atoms with Crippen molar-refractivity contribution in [2.24, 2.45) is 0 Å². The molecule has 1 aromatic carbocycles. The summed E-state index contributed by atoms with van der Waals surface area (Å²) in [4.78, 5) is 2.61. The summed E-state index contributed by atoms with van der Waals surface area (Å²) >= 11 is 0. The fourth-order valence-corrected chi connectivity index (χ4v) is 3.39. The van der Waals surface area contributed by atoms with Gasteiger partial charge in [-0.2, -0.15) is 0 Å². The Bertz CT molecular complexity index is 372. The molecule has 0 spiro atoms. The summed E-state index contributed by atoms with van der Waals surface area (Å²) in [5.41, 5.74) is 8.61. The van der Waals surface area contributed by atoms with Crippen LogP contribution in [0.15, 0.2) is 24.3 Å². The zero-order valence-corrected chi connectivity index (χ0v) is 10.5. The number of anilines is 1. The Hall–Kier alpha value is -1.02. The van der Waals surface area contributed by atoms with Crippen LogP contribution in [0.2, 0.25) is 0 Å². The third-order valence-corrected chi connectivity index (χ3v) is 4.56. The van der Waals surface area contributed by atoms with E-state index < -0.39 is 0 Å². The minimum Gasteiger partial charge on any atom is -0.399 e. The third-order valence-electron chi connectivity index (χ3n) is 4.56. The van der Waals surface area contributed by atoms with E-state index in [0.717, 1.165) is 5.69 Å². The molecule has 1 heterocycles. The molecule has 1 aliphatic carbocycles. The lowest BCUT2D eigenvalue weighted by Crippen LogP contribution is -2.46. The number of nitrogens with zero attached hydrogens (tertiary/aromatic N) is 1. The first-order valence-electron chi connectivity index (χ1n) is 6.87. The van der Waals surface area contributed by atoms with Crippen molar-refractivity contribution in [2.75, 3.05) is 25.4 Å². The Morgan fingerprint density at radius 2 is 1.65 bits per heavy atom. The standard InChI is InChI=1S/C15H22N2/c16-14-6-4-13(5-7-14)15(8-1-2-9-15)12-17-10-3-11-17/h4-7H,1-3,8-12,16H2. The molecule has 2 heteroatoms. The van der Waals surface area contributed by atoms with E-state index in [4.69, 9.17) is 5.73 Å². The summed E-state index contributed by atoms with van der Waals surface area (Å²) in [6.07, 6.45) is 6.87. The Balaban J connectivity index is 1.84. The highest BCUT2D eigenvalue weighted by molar-refractivity contribution is 5.42. The average Bonchev–Trinajstić information content (AvgIpc) is 2.74. The van der Waals surface area contributed by atoms with Gasteiger partial charge in [-0.1, -0.05) is 25.0 Å². The Kier molecular flexibility index (Phi) is 2.83. The summed E-state index contributed by atoms with van der Waals surface area (Å²) in [6.45, 7) is 3.87. The molecule has 1 aliphatic heterocycles. The van der Waals surface area contributed by atoms with Gasteiger partial charge in [0.2, 0.25) is 0 Å². The van der Waals surface area contributed by atoms with E-state index in [2.05, 4.69) is 29.2 Å². The highest BCUT2D eigenvalue weighted by atomic mass is 15.2. The summed E-state index contributed by atoms with van der Waals surface area (Å²) in [6, 6.07) is 8.62. The fourth-order valence-electron chi connectivity index (χ4n) is 3.39. The Labute approximate surface area is 104 Å². The van der Waals surface area contributed by atoms with E-state index in [9.17, 15) is 0 Å². The molecular formula is C15H22N2. The van der Waals surface area contributed by atoms with Gasteiger partial charge in [-0.3, -0.25) is 0 Å². The predicted molar refractivity (Wildman–Crippen MR) is 72.1 cm³/mol. The minimum atomic E-state index is 0.425. The van der Waals surface area contributed by atoms with Crippen LogP contribution in [0.1, 0.15) is 37.7 Å². The highest BCUT2D eigenvalue weighted by Crippen LogP contribution is 2.42.